The van der Waals surface area contributed by atoms with Gasteiger partial charge in [-0.25, -0.2) is 9.37 Å². The Kier molecular flexibility index (Phi) is 6.39. The Balaban J connectivity index is 1.33. The van der Waals surface area contributed by atoms with E-state index in [1.165, 1.54) is 6.07 Å². The zero-order valence-corrected chi connectivity index (χ0v) is 24.2. The lowest BCUT2D eigenvalue weighted by atomic mass is 9.95. The summed E-state index contributed by atoms with van der Waals surface area (Å²) in [5, 5.41) is 13.0. The van der Waals surface area contributed by atoms with Gasteiger partial charge in [-0.3, -0.25) is 4.90 Å². The summed E-state index contributed by atoms with van der Waals surface area (Å²) in [5.74, 6) is 0.115. The number of anilines is 1. The van der Waals surface area contributed by atoms with Gasteiger partial charge in [0.05, 0.1) is 29.3 Å². The minimum Gasteiger partial charge on any atom is -0.508 e. The molecule has 1 unspecified atom stereocenters. The average molecular weight is 590 g/mol. The average Bonchev–Trinajstić information content (AvgIpc) is 3.42. The molecule has 10 heteroatoms. The van der Waals surface area contributed by atoms with Crippen molar-refractivity contribution >= 4 is 39.1 Å². The molecule has 2 aromatic heterocycles. The molecule has 0 amide bonds. The Hall–Kier alpha value is -3.27. The molecule has 3 fully saturated rings. The molecule has 4 aliphatic heterocycles. The van der Waals surface area contributed by atoms with E-state index in [-0.39, 0.29) is 34.6 Å². The van der Waals surface area contributed by atoms with Crippen molar-refractivity contribution in [3.05, 3.63) is 46.9 Å². The van der Waals surface area contributed by atoms with E-state index in [1.807, 2.05) is 12.1 Å². The van der Waals surface area contributed by atoms with Crippen LogP contribution in [-0.2, 0) is 11.2 Å². The maximum absolute atomic E-state index is 16.9. The maximum atomic E-state index is 16.9. The number of aromatic hydroxyl groups is 1. The van der Waals surface area contributed by atoms with Crippen molar-refractivity contribution in [2.24, 2.45) is 0 Å². The van der Waals surface area contributed by atoms with Gasteiger partial charge in [0.15, 0.2) is 5.82 Å². The summed E-state index contributed by atoms with van der Waals surface area (Å²) in [6.07, 6.45) is 6.78. The van der Waals surface area contributed by atoms with Gasteiger partial charge in [-0.1, -0.05) is 23.7 Å². The second-order valence-electron chi connectivity index (χ2n) is 12.1. The minimum absolute atomic E-state index is 0.00968. The zero-order valence-electron chi connectivity index (χ0n) is 23.4. The lowest BCUT2D eigenvalue weighted by Crippen LogP contribution is -2.43. The summed E-state index contributed by atoms with van der Waals surface area (Å²) < 4.78 is 29.2. The molecule has 3 saturated heterocycles. The molecule has 0 radical (unpaired) electrons. The van der Waals surface area contributed by atoms with Crippen molar-refractivity contribution in [3.8, 4) is 23.0 Å². The number of nitrogens with zero attached hydrogens (tertiary/aromatic N) is 5. The van der Waals surface area contributed by atoms with Crippen LogP contribution >= 0.6 is 11.6 Å². The lowest BCUT2D eigenvalue weighted by molar-refractivity contribution is 0.108. The molecular formula is C32H33ClFN5O3. The third kappa shape index (κ3) is 4.19. The number of pyridine rings is 1. The van der Waals surface area contributed by atoms with Crippen LogP contribution in [0.1, 0.15) is 44.2 Å². The number of halogens is 2. The highest BCUT2D eigenvalue weighted by atomic mass is 35.5. The van der Waals surface area contributed by atoms with Crippen LogP contribution in [-0.4, -0.2) is 76.0 Å². The fraction of sp³-hybridized carbons (Fsp3) is 0.469. The number of ether oxygens (including phenoxy) is 2. The highest BCUT2D eigenvalue weighted by Crippen LogP contribution is 2.43. The standard InChI is InChI=1S/C32H33ClFN5O3/c33-23-6-1-5-19-15-21(40)16-22(25(19)23)28-27(34)29-26-24(35-28)8-7-20-17-41-14-4-13-39(20)30(26)37-31(36-29)42-18-32-9-2-11-38(32)12-3-10-32/h1,5-6,15-16,20,40H,2-4,7-14,17-18H2. The molecule has 0 saturated carbocycles. The van der Waals surface area contributed by atoms with Gasteiger partial charge >= 0.3 is 6.01 Å². The monoisotopic (exact) mass is 589 g/mol. The van der Waals surface area contributed by atoms with E-state index in [4.69, 9.17) is 36.0 Å². The fourth-order valence-corrected chi connectivity index (χ4v) is 7.98. The molecule has 8 rings (SSSR count). The number of fused-ring (bicyclic) bond motifs is 4. The summed E-state index contributed by atoms with van der Waals surface area (Å²) >= 11 is 6.64. The number of aromatic nitrogens is 3. The van der Waals surface area contributed by atoms with Crippen LogP contribution in [0.5, 0.6) is 11.8 Å². The second kappa shape index (κ2) is 10.2. The van der Waals surface area contributed by atoms with Crippen LogP contribution < -0.4 is 9.64 Å². The Morgan fingerprint density at radius 2 is 1.93 bits per heavy atom. The molecule has 8 nitrogen and oxygen atoms in total. The molecule has 6 heterocycles. The van der Waals surface area contributed by atoms with Crippen LogP contribution in [0.15, 0.2) is 30.3 Å². The van der Waals surface area contributed by atoms with Gasteiger partial charge in [0.1, 0.15) is 29.4 Å². The van der Waals surface area contributed by atoms with Crippen molar-refractivity contribution in [3.63, 3.8) is 0 Å². The lowest BCUT2D eigenvalue weighted by Gasteiger charge is -2.32. The number of phenols is 1. The predicted molar refractivity (Wildman–Crippen MR) is 160 cm³/mol. The van der Waals surface area contributed by atoms with Crippen LogP contribution in [0, 0.1) is 5.82 Å². The van der Waals surface area contributed by atoms with Gasteiger partial charge in [-0.15, -0.1) is 0 Å². The summed E-state index contributed by atoms with van der Waals surface area (Å²) in [7, 11) is 0. The molecule has 2 aromatic carbocycles. The van der Waals surface area contributed by atoms with Gasteiger partial charge in [0.25, 0.3) is 0 Å². The highest BCUT2D eigenvalue weighted by Gasteiger charge is 2.45. The van der Waals surface area contributed by atoms with Crippen molar-refractivity contribution in [1.29, 1.82) is 0 Å². The zero-order chi connectivity index (χ0) is 28.4. The number of benzene rings is 2. The summed E-state index contributed by atoms with van der Waals surface area (Å²) in [6, 6.07) is 8.86. The SMILES string of the molecule is Oc1cc(-c2nc3c4c(nc(OCC56CCCN5CCC6)nc4c2F)N2CCCOCC2CC3)c2c(Cl)cccc2c1. The van der Waals surface area contributed by atoms with Crippen LogP contribution in [0.4, 0.5) is 10.2 Å². The Bertz CT molecular complexity index is 1710. The topological polar surface area (TPSA) is 83.8 Å². The molecule has 218 valence electrons. The van der Waals surface area contributed by atoms with Crippen LogP contribution in [0.2, 0.25) is 5.02 Å². The first-order chi connectivity index (χ1) is 20.5. The first kappa shape index (κ1) is 26.4. The number of phenolic OH excluding ortho intramolecular Hbond substituents is 1. The van der Waals surface area contributed by atoms with E-state index in [0.717, 1.165) is 63.9 Å². The molecule has 4 aliphatic rings. The fourth-order valence-electron chi connectivity index (χ4n) is 7.70. The molecule has 4 aromatic rings. The van der Waals surface area contributed by atoms with Gasteiger partial charge in [0, 0.05) is 29.1 Å². The van der Waals surface area contributed by atoms with Crippen molar-refractivity contribution in [1.82, 2.24) is 19.9 Å². The first-order valence-corrected chi connectivity index (χ1v) is 15.4. The van der Waals surface area contributed by atoms with E-state index in [9.17, 15) is 5.11 Å². The van der Waals surface area contributed by atoms with Crippen molar-refractivity contribution in [2.75, 3.05) is 44.4 Å². The van der Waals surface area contributed by atoms with Gasteiger partial charge in [-0.05, 0) is 81.6 Å². The molecule has 1 atom stereocenters. The normalized spacial score (nSPS) is 21.8. The molecule has 0 aliphatic carbocycles. The van der Waals surface area contributed by atoms with E-state index in [0.29, 0.717) is 58.8 Å². The smallest absolute Gasteiger partial charge is 0.319 e. The van der Waals surface area contributed by atoms with Gasteiger partial charge in [0.2, 0.25) is 0 Å². The Morgan fingerprint density at radius 3 is 2.79 bits per heavy atom. The van der Waals surface area contributed by atoms with Crippen molar-refractivity contribution in [2.45, 2.75) is 56.5 Å². The molecular weight excluding hydrogens is 557 g/mol. The molecule has 0 spiro atoms. The Morgan fingerprint density at radius 1 is 1.07 bits per heavy atom. The largest absolute Gasteiger partial charge is 0.508 e. The maximum Gasteiger partial charge on any atom is 0.319 e. The first-order valence-electron chi connectivity index (χ1n) is 15.0. The van der Waals surface area contributed by atoms with Crippen LogP contribution in [0.25, 0.3) is 32.9 Å². The third-order valence-corrected chi connectivity index (χ3v) is 10.0. The van der Waals surface area contributed by atoms with Gasteiger partial charge < -0.3 is 19.5 Å². The second-order valence-corrected chi connectivity index (χ2v) is 12.5. The molecule has 0 bridgehead atoms. The van der Waals surface area contributed by atoms with E-state index in [1.54, 1.807) is 12.1 Å². The predicted octanol–water partition coefficient (Wildman–Crippen LogP) is 5.89. The van der Waals surface area contributed by atoms with E-state index in [2.05, 4.69) is 9.80 Å². The number of hydrogen-bond acceptors (Lipinski definition) is 8. The van der Waals surface area contributed by atoms with Gasteiger partial charge in [-0.2, -0.15) is 9.97 Å². The third-order valence-electron chi connectivity index (χ3n) is 9.69. The van der Waals surface area contributed by atoms with E-state index < -0.39 is 5.82 Å². The number of rotatable bonds is 4. The minimum atomic E-state index is -0.569. The number of hydrogen-bond donors (Lipinski definition) is 1. The summed E-state index contributed by atoms with van der Waals surface area (Å²) in [5.41, 5.74) is 1.48. The summed E-state index contributed by atoms with van der Waals surface area (Å²) in [4.78, 5) is 19.4. The van der Waals surface area contributed by atoms with Crippen molar-refractivity contribution < 1.29 is 19.0 Å². The quantitative estimate of drug-likeness (QED) is 0.315. The van der Waals surface area contributed by atoms with Crippen LogP contribution in [0.3, 0.4) is 0 Å². The summed E-state index contributed by atoms with van der Waals surface area (Å²) in [6.45, 7) is 4.70. The molecule has 1 N–H and O–H groups in total. The number of aryl methyl sites for hydroxylation is 1. The molecule has 42 heavy (non-hydrogen) atoms. The Labute approximate surface area is 248 Å². The van der Waals surface area contributed by atoms with E-state index >= 15 is 4.39 Å². The highest BCUT2D eigenvalue weighted by molar-refractivity contribution is 6.36.